The molecule has 1 N–H and O–H groups in total. The maximum absolute atomic E-state index is 11.7. The lowest BCUT2D eigenvalue weighted by molar-refractivity contribution is 0.129. The Balaban J connectivity index is 1.43. The highest BCUT2D eigenvalue weighted by atomic mass is 16.5. The van der Waals surface area contributed by atoms with Gasteiger partial charge in [-0.15, -0.1) is 0 Å². The Kier molecular flexibility index (Phi) is 8.16. The molecule has 0 atom stereocenters. The lowest BCUT2D eigenvalue weighted by atomic mass is 10.1. The molecule has 29 heavy (non-hydrogen) atoms. The molecule has 0 spiro atoms. The van der Waals surface area contributed by atoms with E-state index in [4.69, 9.17) is 9.73 Å². The van der Waals surface area contributed by atoms with Gasteiger partial charge < -0.3 is 19.5 Å². The number of rotatable bonds is 8. The van der Waals surface area contributed by atoms with Gasteiger partial charge in [0.1, 0.15) is 11.9 Å². The Labute approximate surface area is 173 Å². The van der Waals surface area contributed by atoms with E-state index in [0.717, 1.165) is 70.1 Å². The third-order valence-electron chi connectivity index (χ3n) is 5.09. The molecule has 2 aromatic rings. The molecule has 2 heterocycles. The standard InChI is InChI=1S/C23H32N4O2/c1-2-24-23(25-15-7-9-17-26-16-8-6-12-22(26)28)27-18-13-21(14-19-27)29-20-10-4-3-5-11-20/h3-6,8,10-12,16,21H,2,7,9,13-15,17-19H2,1H3,(H,24,25). The first-order valence-corrected chi connectivity index (χ1v) is 10.7. The second-order valence-corrected chi connectivity index (χ2v) is 7.29. The molecule has 1 aliphatic heterocycles. The molecule has 0 radical (unpaired) electrons. The number of guanidine groups is 1. The number of pyridine rings is 1. The van der Waals surface area contributed by atoms with Crippen LogP contribution in [-0.2, 0) is 6.54 Å². The summed E-state index contributed by atoms with van der Waals surface area (Å²) in [6.07, 6.45) is 6.01. The van der Waals surface area contributed by atoms with Gasteiger partial charge in [-0.3, -0.25) is 9.79 Å². The smallest absolute Gasteiger partial charge is 0.250 e. The number of hydrogen-bond donors (Lipinski definition) is 1. The van der Waals surface area contributed by atoms with Crippen LogP contribution in [-0.4, -0.2) is 47.7 Å². The van der Waals surface area contributed by atoms with E-state index in [1.807, 2.05) is 42.6 Å². The Hall–Kier alpha value is -2.76. The van der Waals surface area contributed by atoms with E-state index >= 15 is 0 Å². The largest absolute Gasteiger partial charge is 0.490 e. The summed E-state index contributed by atoms with van der Waals surface area (Å²) in [5.41, 5.74) is 0.0601. The summed E-state index contributed by atoms with van der Waals surface area (Å²) in [4.78, 5) is 18.9. The predicted molar refractivity (Wildman–Crippen MR) is 118 cm³/mol. The van der Waals surface area contributed by atoms with Crippen LogP contribution in [0.1, 0.15) is 32.6 Å². The van der Waals surface area contributed by atoms with E-state index in [2.05, 4.69) is 17.1 Å². The first-order valence-electron chi connectivity index (χ1n) is 10.7. The fourth-order valence-electron chi connectivity index (χ4n) is 3.53. The average Bonchev–Trinajstić information content (AvgIpc) is 2.75. The lowest BCUT2D eigenvalue weighted by Gasteiger charge is -2.34. The minimum atomic E-state index is 0.0601. The Morgan fingerprint density at radius 2 is 1.86 bits per heavy atom. The summed E-state index contributed by atoms with van der Waals surface area (Å²) in [5.74, 6) is 1.94. The number of nitrogens with zero attached hydrogens (tertiary/aromatic N) is 3. The summed E-state index contributed by atoms with van der Waals surface area (Å²) < 4.78 is 7.85. The number of unbranched alkanes of at least 4 members (excludes halogenated alkanes) is 1. The number of nitrogens with one attached hydrogen (secondary N) is 1. The van der Waals surface area contributed by atoms with Crippen molar-refractivity contribution in [3.05, 3.63) is 65.1 Å². The molecule has 0 unspecified atom stereocenters. The SMILES string of the molecule is CCNC(=NCCCCn1ccccc1=O)N1CCC(Oc2ccccc2)CC1. The Morgan fingerprint density at radius 3 is 2.59 bits per heavy atom. The predicted octanol–water partition coefficient (Wildman–Crippen LogP) is 3.14. The number of benzene rings is 1. The van der Waals surface area contributed by atoms with Crippen LogP contribution >= 0.6 is 0 Å². The number of piperidine rings is 1. The van der Waals surface area contributed by atoms with Gasteiger partial charge in [0.25, 0.3) is 0 Å². The monoisotopic (exact) mass is 396 g/mol. The van der Waals surface area contributed by atoms with Gasteiger partial charge in [-0.1, -0.05) is 24.3 Å². The van der Waals surface area contributed by atoms with Crippen molar-refractivity contribution in [3.8, 4) is 5.75 Å². The van der Waals surface area contributed by atoms with Crippen LogP contribution in [0.25, 0.3) is 0 Å². The summed E-state index contributed by atoms with van der Waals surface area (Å²) in [6, 6.07) is 15.3. The lowest BCUT2D eigenvalue weighted by Crippen LogP contribution is -2.47. The molecule has 1 fully saturated rings. The number of hydrogen-bond acceptors (Lipinski definition) is 3. The van der Waals surface area contributed by atoms with Crippen LogP contribution in [0.15, 0.2) is 64.5 Å². The zero-order valence-corrected chi connectivity index (χ0v) is 17.3. The van der Waals surface area contributed by atoms with Crippen LogP contribution in [0.2, 0.25) is 0 Å². The average molecular weight is 397 g/mol. The number of aliphatic imine (C=N–C) groups is 1. The molecule has 6 nitrogen and oxygen atoms in total. The van der Waals surface area contributed by atoms with Gasteiger partial charge in [0.05, 0.1) is 0 Å². The number of aryl methyl sites for hydroxylation is 1. The van der Waals surface area contributed by atoms with Crippen molar-refractivity contribution in [2.24, 2.45) is 4.99 Å². The maximum Gasteiger partial charge on any atom is 0.250 e. The van der Waals surface area contributed by atoms with Gasteiger partial charge in [-0.2, -0.15) is 0 Å². The molecule has 6 heteroatoms. The summed E-state index contributed by atoms with van der Waals surface area (Å²) in [5, 5.41) is 3.41. The molecule has 3 rings (SSSR count). The fraction of sp³-hybridized carbons (Fsp3) is 0.478. The molecule has 1 aromatic carbocycles. The van der Waals surface area contributed by atoms with Gasteiger partial charge in [-0.05, 0) is 38.0 Å². The number of aromatic nitrogens is 1. The van der Waals surface area contributed by atoms with Crippen LogP contribution in [0.4, 0.5) is 0 Å². The molecule has 0 aliphatic carbocycles. The van der Waals surface area contributed by atoms with Crippen LogP contribution in [0.5, 0.6) is 5.75 Å². The summed E-state index contributed by atoms with van der Waals surface area (Å²) >= 11 is 0. The minimum absolute atomic E-state index is 0.0601. The fourth-order valence-corrected chi connectivity index (χ4v) is 3.53. The second-order valence-electron chi connectivity index (χ2n) is 7.29. The molecule has 0 saturated carbocycles. The highest BCUT2D eigenvalue weighted by Gasteiger charge is 2.22. The maximum atomic E-state index is 11.7. The van der Waals surface area contributed by atoms with Gasteiger partial charge in [0.15, 0.2) is 5.96 Å². The zero-order valence-electron chi connectivity index (χ0n) is 17.3. The molecule has 156 valence electrons. The highest BCUT2D eigenvalue weighted by molar-refractivity contribution is 5.80. The number of para-hydroxylation sites is 1. The van der Waals surface area contributed by atoms with Gasteiger partial charge in [0, 0.05) is 57.8 Å². The third kappa shape index (κ3) is 6.66. The molecule has 1 aromatic heterocycles. The highest BCUT2D eigenvalue weighted by Crippen LogP contribution is 2.18. The van der Waals surface area contributed by atoms with Crippen molar-refractivity contribution in [1.29, 1.82) is 0 Å². The first kappa shape index (κ1) is 21.0. The Bertz CT molecular complexity index is 811. The number of ether oxygens (including phenoxy) is 1. The van der Waals surface area contributed by atoms with E-state index < -0.39 is 0 Å². The number of likely N-dealkylation sites (tertiary alicyclic amines) is 1. The van der Waals surface area contributed by atoms with Crippen LogP contribution in [0.3, 0.4) is 0 Å². The zero-order chi connectivity index (χ0) is 20.3. The normalized spacial score (nSPS) is 15.3. The van der Waals surface area contributed by atoms with E-state index in [-0.39, 0.29) is 11.7 Å². The topological polar surface area (TPSA) is 58.9 Å². The summed E-state index contributed by atoms with van der Waals surface area (Å²) in [7, 11) is 0. The van der Waals surface area contributed by atoms with Crippen molar-refractivity contribution in [2.75, 3.05) is 26.2 Å². The van der Waals surface area contributed by atoms with Crippen molar-refractivity contribution in [1.82, 2.24) is 14.8 Å². The van der Waals surface area contributed by atoms with Crippen molar-refractivity contribution >= 4 is 5.96 Å². The molecule has 1 saturated heterocycles. The van der Waals surface area contributed by atoms with Gasteiger partial charge >= 0.3 is 0 Å². The van der Waals surface area contributed by atoms with Crippen molar-refractivity contribution in [3.63, 3.8) is 0 Å². The minimum Gasteiger partial charge on any atom is -0.490 e. The van der Waals surface area contributed by atoms with E-state index in [0.29, 0.717) is 0 Å². The van der Waals surface area contributed by atoms with E-state index in [9.17, 15) is 4.79 Å². The molecule has 0 amide bonds. The molecule has 1 aliphatic rings. The van der Waals surface area contributed by atoms with Gasteiger partial charge in [-0.25, -0.2) is 0 Å². The van der Waals surface area contributed by atoms with Crippen molar-refractivity contribution in [2.45, 2.75) is 45.3 Å². The molecular formula is C23H32N4O2. The van der Waals surface area contributed by atoms with Gasteiger partial charge in [0.2, 0.25) is 5.56 Å². The Morgan fingerprint density at radius 1 is 1.10 bits per heavy atom. The quantitative estimate of drug-likeness (QED) is 0.423. The third-order valence-corrected chi connectivity index (χ3v) is 5.09. The van der Waals surface area contributed by atoms with Crippen LogP contribution < -0.4 is 15.6 Å². The van der Waals surface area contributed by atoms with E-state index in [1.54, 1.807) is 16.7 Å². The summed E-state index contributed by atoms with van der Waals surface area (Å²) in [6.45, 7) is 6.37. The van der Waals surface area contributed by atoms with Crippen LogP contribution in [0, 0.1) is 0 Å². The molecular weight excluding hydrogens is 364 g/mol. The first-order chi connectivity index (χ1) is 14.3. The molecule has 0 bridgehead atoms. The second kappa shape index (κ2) is 11.3. The van der Waals surface area contributed by atoms with Crippen molar-refractivity contribution < 1.29 is 4.74 Å². The van der Waals surface area contributed by atoms with E-state index in [1.165, 1.54) is 0 Å².